The molecule has 2 aromatic rings. The maximum absolute atomic E-state index is 13.6. The molecule has 0 spiro atoms. The Morgan fingerprint density at radius 1 is 1.45 bits per heavy atom. The number of aryl methyl sites for hydroxylation is 1. The van der Waals surface area contributed by atoms with Crippen molar-refractivity contribution in [3.8, 4) is 0 Å². The van der Waals surface area contributed by atoms with E-state index in [0.717, 1.165) is 17.6 Å². The Bertz CT molecular complexity index is 720. The fourth-order valence-electron chi connectivity index (χ4n) is 1.81. The second kappa shape index (κ2) is 6.85. The van der Waals surface area contributed by atoms with Crippen molar-refractivity contribution in [3.63, 3.8) is 0 Å². The number of hydrogen-bond acceptors (Lipinski definition) is 5. The van der Waals surface area contributed by atoms with Crippen molar-refractivity contribution in [2.45, 2.75) is 13.0 Å². The molecule has 1 heterocycles. The molecule has 0 saturated carbocycles. The van der Waals surface area contributed by atoms with Crippen LogP contribution in [0.4, 0.5) is 4.39 Å². The van der Waals surface area contributed by atoms with E-state index in [1.165, 1.54) is 19.2 Å². The topological polar surface area (TPSA) is 68.3 Å². The van der Waals surface area contributed by atoms with Gasteiger partial charge in [0.15, 0.2) is 6.04 Å². The quantitative estimate of drug-likeness (QED) is 0.867. The van der Waals surface area contributed by atoms with Gasteiger partial charge in [0.25, 0.3) is 5.91 Å². The van der Waals surface area contributed by atoms with Gasteiger partial charge in [-0.3, -0.25) is 4.79 Å². The third-order valence-corrected chi connectivity index (χ3v) is 4.01. The predicted molar refractivity (Wildman–Crippen MR) is 80.5 cm³/mol. The number of nitrogens with one attached hydrogen (secondary N) is 1. The first-order valence-electron chi connectivity index (χ1n) is 6.18. The molecule has 22 heavy (non-hydrogen) atoms. The van der Waals surface area contributed by atoms with Gasteiger partial charge in [-0.15, -0.1) is 0 Å². The molecule has 1 amide bonds. The Kier molecular flexibility index (Phi) is 5.10. The van der Waals surface area contributed by atoms with E-state index in [-0.39, 0.29) is 10.6 Å². The van der Waals surface area contributed by atoms with E-state index in [0.29, 0.717) is 11.3 Å². The minimum absolute atomic E-state index is 0.0726. The molecule has 1 aromatic carbocycles. The number of hydrogen-bond donors (Lipinski definition) is 1. The van der Waals surface area contributed by atoms with E-state index in [2.05, 4.69) is 14.4 Å². The molecule has 1 N–H and O–H groups in total. The molecule has 1 atom stereocenters. The van der Waals surface area contributed by atoms with Crippen LogP contribution in [0, 0.1) is 12.7 Å². The van der Waals surface area contributed by atoms with E-state index >= 15 is 0 Å². The number of amides is 1. The second-order valence-electron chi connectivity index (χ2n) is 4.42. The van der Waals surface area contributed by atoms with Crippen molar-refractivity contribution in [1.82, 2.24) is 9.69 Å². The van der Waals surface area contributed by atoms with E-state index in [1.54, 1.807) is 12.3 Å². The highest BCUT2D eigenvalue weighted by molar-refractivity contribution is 7.03. The van der Waals surface area contributed by atoms with Gasteiger partial charge in [0, 0.05) is 5.38 Å². The van der Waals surface area contributed by atoms with Gasteiger partial charge in [-0.25, -0.2) is 9.18 Å². The van der Waals surface area contributed by atoms with Crippen molar-refractivity contribution in [2.24, 2.45) is 0 Å². The van der Waals surface area contributed by atoms with Gasteiger partial charge in [0.1, 0.15) is 5.82 Å². The van der Waals surface area contributed by atoms with Crippen LogP contribution in [-0.4, -0.2) is 23.4 Å². The molecule has 1 aromatic heterocycles. The summed E-state index contributed by atoms with van der Waals surface area (Å²) in [6.45, 7) is 1.68. The van der Waals surface area contributed by atoms with Gasteiger partial charge < -0.3 is 10.1 Å². The Morgan fingerprint density at radius 2 is 2.18 bits per heavy atom. The number of nitrogens with zero attached hydrogens (tertiary/aromatic N) is 1. The molecule has 0 radical (unpaired) electrons. The summed E-state index contributed by atoms with van der Waals surface area (Å²) in [4.78, 5) is 24.1. The van der Waals surface area contributed by atoms with Gasteiger partial charge >= 0.3 is 5.97 Å². The third-order valence-electron chi connectivity index (χ3n) is 2.98. The zero-order valence-electron chi connectivity index (χ0n) is 11.7. The van der Waals surface area contributed by atoms with Crippen LogP contribution in [0.2, 0.25) is 5.02 Å². The van der Waals surface area contributed by atoms with Crippen LogP contribution < -0.4 is 5.32 Å². The first kappa shape index (κ1) is 16.4. The van der Waals surface area contributed by atoms with Crippen molar-refractivity contribution in [3.05, 3.63) is 51.2 Å². The monoisotopic (exact) mass is 342 g/mol. The summed E-state index contributed by atoms with van der Waals surface area (Å²) in [5.74, 6) is -1.89. The van der Waals surface area contributed by atoms with Crippen LogP contribution in [0.1, 0.15) is 27.7 Å². The van der Waals surface area contributed by atoms with Gasteiger partial charge in [-0.1, -0.05) is 17.7 Å². The fraction of sp³-hybridized carbons (Fsp3) is 0.214. The Hall–Kier alpha value is -1.99. The maximum atomic E-state index is 13.6. The fourth-order valence-corrected chi connectivity index (χ4v) is 2.62. The number of esters is 1. The number of benzene rings is 1. The van der Waals surface area contributed by atoms with Crippen molar-refractivity contribution < 1.29 is 18.7 Å². The number of aromatic nitrogens is 1. The number of carbonyl (C=O) groups is 2. The molecule has 0 aliphatic rings. The molecule has 0 saturated heterocycles. The van der Waals surface area contributed by atoms with E-state index in [1.807, 2.05) is 0 Å². The largest absolute Gasteiger partial charge is 0.467 e. The highest BCUT2D eigenvalue weighted by Crippen LogP contribution is 2.22. The smallest absolute Gasteiger partial charge is 0.333 e. The van der Waals surface area contributed by atoms with Crippen LogP contribution in [0.5, 0.6) is 0 Å². The van der Waals surface area contributed by atoms with Crippen molar-refractivity contribution in [2.75, 3.05) is 7.11 Å². The molecule has 0 aliphatic heterocycles. The van der Waals surface area contributed by atoms with E-state index < -0.39 is 23.7 Å². The Morgan fingerprint density at radius 3 is 2.73 bits per heavy atom. The van der Waals surface area contributed by atoms with E-state index in [9.17, 15) is 14.0 Å². The van der Waals surface area contributed by atoms with Crippen LogP contribution in [0.3, 0.4) is 0 Å². The zero-order chi connectivity index (χ0) is 16.3. The van der Waals surface area contributed by atoms with Gasteiger partial charge in [0.05, 0.1) is 23.4 Å². The van der Waals surface area contributed by atoms with Crippen LogP contribution >= 0.6 is 23.1 Å². The molecule has 5 nitrogen and oxygen atoms in total. The Labute approximate surface area is 135 Å². The molecule has 0 aliphatic carbocycles. The normalized spacial score (nSPS) is 11.8. The first-order valence-corrected chi connectivity index (χ1v) is 7.40. The standard InChI is InChI=1S/C14H12ClFN2O3S/c1-7-9(6-22-18-7)13(19)17-12(14(20)21-2)8-3-4-10(15)11(16)5-8/h3-6,12H,1-2H3,(H,17,19). The SMILES string of the molecule is COC(=O)C(NC(=O)c1csnc1C)c1ccc(Cl)c(F)c1. The average Bonchev–Trinajstić information content (AvgIpc) is 2.93. The van der Waals surface area contributed by atoms with Crippen LogP contribution in [0.25, 0.3) is 0 Å². The second-order valence-corrected chi connectivity index (χ2v) is 5.45. The molecule has 116 valence electrons. The predicted octanol–water partition coefficient (Wildman–Crippen LogP) is 2.89. The summed E-state index contributed by atoms with van der Waals surface area (Å²) < 4.78 is 22.2. The molecule has 1 unspecified atom stereocenters. The van der Waals surface area contributed by atoms with Gasteiger partial charge in [-0.2, -0.15) is 4.37 Å². The highest BCUT2D eigenvalue weighted by Gasteiger charge is 2.26. The number of carbonyl (C=O) groups excluding carboxylic acids is 2. The minimum atomic E-state index is -1.14. The highest BCUT2D eigenvalue weighted by atomic mass is 35.5. The molecule has 8 heteroatoms. The molecular weight excluding hydrogens is 331 g/mol. The summed E-state index contributed by atoms with van der Waals surface area (Å²) in [7, 11) is 1.19. The van der Waals surface area contributed by atoms with Gasteiger partial charge in [-0.05, 0) is 36.2 Å². The van der Waals surface area contributed by atoms with Crippen molar-refractivity contribution >= 4 is 35.0 Å². The number of halogens is 2. The molecular formula is C14H12ClFN2O3S. The zero-order valence-corrected chi connectivity index (χ0v) is 13.3. The summed E-state index contributed by atoms with van der Waals surface area (Å²) in [6, 6.07) is 2.71. The molecule has 2 rings (SSSR count). The van der Waals surface area contributed by atoms with Crippen molar-refractivity contribution in [1.29, 1.82) is 0 Å². The lowest BCUT2D eigenvalue weighted by Crippen LogP contribution is -2.34. The number of ether oxygens (including phenoxy) is 1. The van der Waals surface area contributed by atoms with Crippen LogP contribution in [-0.2, 0) is 9.53 Å². The maximum Gasteiger partial charge on any atom is 0.333 e. The number of rotatable bonds is 4. The minimum Gasteiger partial charge on any atom is -0.467 e. The summed E-state index contributed by atoms with van der Waals surface area (Å²) in [6.07, 6.45) is 0. The summed E-state index contributed by atoms with van der Waals surface area (Å²) in [5.41, 5.74) is 1.14. The molecule has 0 bridgehead atoms. The van der Waals surface area contributed by atoms with E-state index in [4.69, 9.17) is 11.6 Å². The van der Waals surface area contributed by atoms with Crippen LogP contribution in [0.15, 0.2) is 23.6 Å². The third kappa shape index (κ3) is 3.42. The first-order chi connectivity index (χ1) is 10.4. The lowest BCUT2D eigenvalue weighted by molar-refractivity contribution is -0.143. The Balaban J connectivity index is 2.31. The average molecular weight is 343 g/mol. The molecule has 0 fully saturated rings. The summed E-state index contributed by atoms with van der Waals surface area (Å²) in [5, 5.41) is 4.02. The van der Waals surface area contributed by atoms with Gasteiger partial charge in [0.2, 0.25) is 0 Å². The lowest BCUT2D eigenvalue weighted by atomic mass is 10.1. The number of methoxy groups -OCH3 is 1. The summed E-state index contributed by atoms with van der Waals surface area (Å²) >= 11 is 6.75. The lowest BCUT2D eigenvalue weighted by Gasteiger charge is -2.17.